The normalized spacial score (nSPS) is 18.4. The van der Waals surface area contributed by atoms with E-state index >= 15 is 4.39 Å². The van der Waals surface area contributed by atoms with E-state index in [4.69, 9.17) is 19.3 Å². The van der Waals surface area contributed by atoms with E-state index in [2.05, 4.69) is 15.3 Å². The fraction of sp³-hybridized carbons (Fsp3) is 0.440. The molecule has 0 spiro atoms. The minimum absolute atomic E-state index is 0.0316. The van der Waals surface area contributed by atoms with Gasteiger partial charge in [0.25, 0.3) is 5.92 Å². The second-order valence-electron chi connectivity index (χ2n) is 8.84. The third-order valence-corrected chi connectivity index (χ3v) is 6.34. The first-order chi connectivity index (χ1) is 16.8. The molecule has 3 heterocycles. The highest BCUT2D eigenvalue weighted by atomic mass is 19.3. The average molecular weight is 489 g/mol. The van der Waals surface area contributed by atoms with Gasteiger partial charge in [-0.1, -0.05) is 12.1 Å². The Balaban J connectivity index is 1.55. The molecule has 0 amide bonds. The first-order valence-corrected chi connectivity index (χ1v) is 11.5. The first-order valence-electron chi connectivity index (χ1n) is 11.5. The maximum Gasteiger partial charge on any atom is 0.298 e. The number of rotatable bonds is 7. The molecule has 0 bridgehead atoms. The lowest BCUT2D eigenvalue weighted by Gasteiger charge is -2.22. The van der Waals surface area contributed by atoms with E-state index in [1.54, 1.807) is 19.9 Å². The third-order valence-electron chi connectivity index (χ3n) is 6.34. The Labute approximate surface area is 200 Å². The highest BCUT2D eigenvalue weighted by molar-refractivity contribution is 5.95. The average Bonchev–Trinajstić information content (AvgIpc) is 3.52. The number of alkyl halides is 2. The number of hydrogen-bond donors (Lipinski definition) is 2. The topological polar surface area (TPSA) is 85.7 Å². The summed E-state index contributed by atoms with van der Waals surface area (Å²) in [5.74, 6) is -2.59. The lowest BCUT2D eigenvalue weighted by molar-refractivity contribution is -0.0583. The molecule has 2 aliphatic rings. The van der Waals surface area contributed by atoms with Crippen molar-refractivity contribution in [2.75, 3.05) is 31.7 Å². The molecule has 1 saturated heterocycles. The number of nitrogens with one attached hydrogen (secondary N) is 1. The molecule has 0 aliphatic carbocycles. The maximum absolute atomic E-state index is 15.1. The van der Waals surface area contributed by atoms with Crippen molar-refractivity contribution in [2.24, 2.45) is 0 Å². The van der Waals surface area contributed by atoms with Crippen molar-refractivity contribution in [3.05, 3.63) is 52.6 Å². The van der Waals surface area contributed by atoms with Gasteiger partial charge in [0, 0.05) is 29.4 Å². The minimum atomic E-state index is -3.69. The molecule has 7 nitrogen and oxygen atoms in total. The second kappa shape index (κ2) is 9.16. The predicted molar refractivity (Wildman–Crippen MR) is 123 cm³/mol. The molecular formula is C25H26F3N3O4. The Kier molecular flexibility index (Phi) is 6.18. The van der Waals surface area contributed by atoms with E-state index in [9.17, 15) is 8.78 Å². The summed E-state index contributed by atoms with van der Waals surface area (Å²) in [5, 5.41) is 12.8. The van der Waals surface area contributed by atoms with E-state index in [1.165, 1.54) is 12.1 Å². The van der Waals surface area contributed by atoms with Gasteiger partial charge in [-0.25, -0.2) is 14.4 Å². The molecular weight excluding hydrogens is 463 g/mol. The van der Waals surface area contributed by atoms with Gasteiger partial charge in [-0.15, -0.1) is 0 Å². The molecule has 5 rings (SSSR count). The number of aromatic nitrogens is 2. The van der Waals surface area contributed by atoms with Gasteiger partial charge in [0.2, 0.25) is 0 Å². The molecule has 1 unspecified atom stereocenters. The highest BCUT2D eigenvalue weighted by Crippen LogP contribution is 2.43. The van der Waals surface area contributed by atoms with Gasteiger partial charge >= 0.3 is 0 Å². The second-order valence-corrected chi connectivity index (χ2v) is 8.84. The Morgan fingerprint density at radius 2 is 2.11 bits per heavy atom. The number of nitrogens with zero attached hydrogens (tertiary/aromatic N) is 2. The summed E-state index contributed by atoms with van der Waals surface area (Å²) < 4.78 is 60.6. The van der Waals surface area contributed by atoms with E-state index in [0.29, 0.717) is 60.3 Å². The predicted octanol–water partition coefficient (Wildman–Crippen LogP) is 4.44. The number of benzene rings is 2. The number of aliphatic hydroxyl groups excluding tert-OH is 1. The molecule has 2 N–H and O–H groups in total. The lowest BCUT2D eigenvalue weighted by atomic mass is 10.00. The van der Waals surface area contributed by atoms with Crippen molar-refractivity contribution in [2.45, 2.75) is 44.8 Å². The Morgan fingerprint density at radius 1 is 1.29 bits per heavy atom. The number of aliphatic hydroxyl groups is 1. The highest BCUT2D eigenvalue weighted by Gasteiger charge is 2.35. The molecule has 0 saturated carbocycles. The van der Waals surface area contributed by atoms with Gasteiger partial charge in [0.15, 0.2) is 11.5 Å². The van der Waals surface area contributed by atoms with Crippen LogP contribution in [0.1, 0.15) is 41.9 Å². The largest absolute Gasteiger partial charge is 0.489 e. The van der Waals surface area contributed by atoms with Gasteiger partial charge in [-0.3, -0.25) is 0 Å². The van der Waals surface area contributed by atoms with Crippen LogP contribution in [0.2, 0.25) is 0 Å². The molecule has 1 aromatic heterocycles. The van der Waals surface area contributed by atoms with Crippen molar-refractivity contribution in [1.82, 2.24) is 9.97 Å². The zero-order valence-electron chi connectivity index (χ0n) is 19.4. The van der Waals surface area contributed by atoms with Crippen LogP contribution in [-0.2, 0) is 17.1 Å². The molecule has 1 fully saturated rings. The fourth-order valence-electron chi connectivity index (χ4n) is 4.56. The SMILES string of the molecule is Cc1nc(N[C@H](C)c2cccc(C(F)(F)CO)c2F)c2cc(OC3CCOC3)c3c(c2n1)CCO3. The lowest BCUT2D eigenvalue weighted by Crippen LogP contribution is -2.22. The molecule has 2 aliphatic heterocycles. The van der Waals surface area contributed by atoms with Crippen molar-refractivity contribution in [3.63, 3.8) is 0 Å². The number of fused-ring (bicyclic) bond motifs is 3. The van der Waals surface area contributed by atoms with Crippen LogP contribution in [0.3, 0.4) is 0 Å². The monoisotopic (exact) mass is 489 g/mol. The van der Waals surface area contributed by atoms with Gasteiger partial charge in [-0.2, -0.15) is 8.78 Å². The zero-order chi connectivity index (χ0) is 24.7. The Morgan fingerprint density at radius 3 is 2.86 bits per heavy atom. The van der Waals surface area contributed by atoms with Gasteiger partial charge in [0.1, 0.15) is 30.2 Å². The van der Waals surface area contributed by atoms with Crippen LogP contribution in [0.5, 0.6) is 11.5 Å². The van der Waals surface area contributed by atoms with Crippen LogP contribution in [0.15, 0.2) is 24.3 Å². The number of hydrogen-bond acceptors (Lipinski definition) is 7. The Bertz CT molecular complexity index is 1260. The van der Waals surface area contributed by atoms with E-state index in [1.807, 2.05) is 0 Å². The zero-order valence-corrected chi connectivity index (χ0v) is 19.4. The summed E-state index contributed by atoms with van der Waals surface area (Å²) in [4.78, 5) is 9.15. The van der Waals surface area contributed by atoms with Crippen LogP contribution >= 0.6 is 0 Å². The molecule has 186 valence electrons. The van der Waals surface area contributed by atoms with Gasteiger partial charge in [0.05, 0.1) is 36.9 Å². The molecule has 2 atom stereocenters. The van der Waals surface area contributed by atoms with Crippen molar-refractivity contribution < 1.29 is 32.5 Å². The first kappa shape index (κ1) is 23.6. The quantitative estimate of drug-likeness (QED) is 0.508. The van der Waals surface area contributed by atoms with Gasteiger partial charge < -0.3 is 24.6 Å². The number of halogens is 3. The van der Waals surface area contributed by atoms with Crippen LogP contribution in [-0.4, -0.2) is 47.6 Å². The summed E-state index contributed by atoms with van der Waals surface area (Å²) in [6, 6.07) is 4.85. The molecule has 3 aromatic rings. The van der Waals surface area contributed by atoms with Crippen LogP contribution in [0.25, 0.3) is 10.9 Å². The van der Waals surface area contributed by atoms with Crippen molar-refractivity contribution >= 4 is 16.7 Å². The minimum Gasteiger partial charge on any atom is -0.489 e. The Hall–Kier alpha value is -3.11. The van der Waals surface area contributed by atoms with Crippen LogP contribution in [0.4, 0.5) is 19.0 Å². The summed E-state index contributed by atoms with van der Waals surface area (Å²) in [6.07, 6.45) is 1.34. The summed E-state index contributed by atoms with van der Waals surface area (Å²) in [5.41, 5.74) is 0.799. The summed E-state index contributed by atoms with van der Waals surface area (Å²) >= 11 is 0. The summed E-state index contributed by atoms with van der Waals surface area (Å²) in [7, 11) is 0. The maximum atomic E-state index is 15.1. The van der Waals surface area contributed by atoms with Crippen LogP contribution in [0, 0.1) is 12.7 Å². The number of aryl methyl sites for hydroxylation is 1. The van der Waals surface area contributed by atoms with E-state index < -0.39 is 30.0 Å². The smallest absolute Gasteiger partial charge is 0.298 e. The third kappa shape index (κ3) is 4.36. The molecule has 35 heavy (non-hydrogen) atoms. The molecule has 10 heteroatoms. The molecule has 0 radical (unpaired) electrons. The summed E-state index contributed by atoms with van der Waals surface area (Å²) in [6.45, 7) is 3.56. The standard InChI is InChI=1S/C25H26F3N3O4/c1-13(16-4-3-5-19(21(16)26)25(27,28)12-32)29-24-18-10-20(35-15-6-8-33-11-15)23-17(7-9-34-23)22(18)30-14(2)31-24/h3-5,10,13,15,32H,6-9,11-12H2,1-2H3,(H,29,30,31)/t13-,15?/m1/s1. The van der Waals surface area contributed by atoms with Crippen molar-refractivity contribution in [1.29, 1.82) is 0 Å². The number of ether oxygens (including phenoxy) is 3. The van der Waals surface area contributed by atoms with Crippen LogP contribution < -0.4 is 14.8 Å². The van der Waals surface area contributed by atoms with E-state index in [-0.39, 0.29) is 11.7 Å². The van der Waals surface area contributed by atoms with E-state index in [0.717, 1.165) is 18.1 Å². The molecule has 2 aromatic carbocycles. The van der Waals surface area contributed by atoms with Gasteiger partial charge in [-0.05, 0) is 26.0 Å². The van der Waals surface area contributed by atoms with Crippen molar-refractivity contribution in [3.8, 4) is 11.5 Å². The number of anilines is 1. The fourth-order valence-corrected chi connectivity index (χ4v) is 4.56.